The number of benzene rings is 1. The van der Waals surface area contributed by atoms with E-state index in [9.17, 15) is 14.4 Å². The van der Waals surface area contributed by atoms with E-state index in [4.69, 9.17) is 9.84 Å². The number of rotatable bonds is 5. The molecule has 0 bridgehead atoms. The molecule has 132 valence electrons. The zero-order chi connectivity index (χ0) is 18.2. The van der Waals surface area contributed by atoms with Crippen molar-refractivity contribution in [1.82, 2.24) is 16.2 Å². The predicted molar refractivity (Wildman–Crippen MR) is 87.0 cm³/mol. The number of ether oxygens (including phenoxy) is 1. The van der Waals surface area contributed by atoms with E-state index in [1.807, 2.05) is 17.6 Å². The Hall–Kier alpha value is -2.61. The van der Waals surface area contributed by atoms with Crippen LogP contribution in [0.15, 0.2) is 24.3 Å². The summed E-state index contributed by atoms with van der Waals surface area (Å²) >= 11 is 0. The molecule has 0 saturated heterocycles. The Morgan fingerprint density at radius 2 is 1.67 bits per heavy atom. The first-order valence-corrected chi connectivity index (χ1v) is 7.45. The summed E-state index contributed by atoms with van der Waals surface area (Å²) in [6, 6.07) is 7.35. The van der Waals surface area contributed by atoms with Gasteiger partial charge in [0.1, 0.15) is 5.75 Å². The highest BCUT2D eigenvalue weighted by Gasteiger charge is 2.14. The van der Waals surface area contributed by atoms with Crippen LogP contribution >= 0.6 is 0 Å². The van der Waals surface area contributed by atoms with E-state index in [0.717, 1.165) is 5.56 Å². The summed E-state index contributed by atoms with van der Waals surface area (Å²) in [5.74, 6) is -2.09. The molecule has 0 aliphatic rings. The maximum atomic E-state index is 11.6. The summed E-state index contributed by atoms with van der Waals surface area (Å²) < 4.78 is 5.30. The van der Waals surface area contributed by atoms with Gasteiger partial charge in [-0.1, -0.05) is 32.9 Å². The third-order valence-corrected chi connectivity index (χ3v) is 3.01. The minimum Gasteiger partial charge on any atom is -0.484 e. The van der Waals surface area contributed by atoms with Gasteiger partial charge >= 0.3 is 11.8 Å². The van der Waals surface area contributed by atoms with E-state index in [0.29, 0.717) is 5.75 Å². The van der Waals surface area contributed by atoms with Crippen molar-refractivity contribution in [3.63, 3.8) is 0 Å². The molecule has 0 spiro atoms. The van der Waals surface area contributed by atoms with Gasteiger partial charge in [0.2, 0.25) is 0 Å². The fourth-order valence-corrected chi connectivity index (χ4v) is 1.67. The van der Waals surface area contributed by atoms with Gasteiger partial charge < -0.3 is 15.2 Å². The number of hydrazine groups is 1. The van der Waals surface area contributed by atoms with E-state index in [-0.39, 0.29) is 25.2 Å². The maximum Gasteiger partial charge on any atom is 0.327 e. The van der Waals surface area contributed by atoms with Crippen molar-refractivity contribution in [3.8, 4) is 5.75 Å². The lowest BCUT2D eigenvalue weighted by molar-refractivity contribution is -0.141. The average molecular weight is 337 g/mol. The molecule has 1 aromatic rings. The van der Waals surface area contributed by atoms with Crippen molar-refractivity contribution >= 4 is 17.7 Å². The van der Waals surface area contributed by atoms with Gasteiger partial charge in [0.25, 0.3) is 5.91 Å². The smallest absolute Gasteiger partial charge is 0.327 e. The van der Waals surface area contributed by atoms with Crippen molar-refractivity contribution in [3.05, 3.63) is 29.8 Å². The molecule has 0 unspecified atom stereocenters. The molecule has 0 heterocycles. The molecule has 0 radical (unpaired) electrons. The molecule has 8 nitrogen and oxygen atoms in total. The summed E-state index contributed by atoms with van der Waals surface area (Å²) in [4.78, 5) is 34.0. The molecular formula is C16H23N3O5. The van der Waals surface area contributed by atoms with Gasteiger partial charge in [-0.3, -0.25) is 25.2 Å². The molecule has 0 saturated carbocycles. The van der Waals surface area contributed by atoms with Gasteiger partial charge in [0.05, 0.1) is 6.61 Å². The standard InChI is InChI=1S/C16H23N3O5/c1-16(2,3)11-4-6-12(7-5-11)24-10-13(21)18-19-15(23)14(22)17-8-9-20/h4-7,20H,8-10H2,1-3H3,(H,17,22)(H,18,21)(H,19,23). The van der Waals surface area contributed by atoms with Crippen molar-refractivity contribution < 1.29 is 24.2 Å². The summed E-state index contributed by atoms with van der Waals surface area (Å²) in [5, 5.41) is 10.7. The molecule has 4 N–H and O–H groups in total. The maximum absolute atomic E-state index is 11.6. The Bertz CT molecular complexity index is 578. The minimum absolute atomic E-state index is 0.0246. The third-order valence-electron chi connectivity index (χ3n) is 3.01. The van der Waals surface area contributed by atoms with Crippen LogP contribution in [-0.4, -0.2) is 42.6 Å². The molecular weight excluding hydrogens is 314 g/mol. The van der Waals surface area contributed by atoms with Gasteiger partial charge in [0, 0.05) is 6.54 Å². The quantitative estimate of drug-likeness (QED) is 0.432. The first kappa shape index (κ1) is 19.4. The number of nitrogens with one attached hydrogen (secondary N) is 3. The number of aliphatic hydroxyl groups excluding tert-OH is 1. The first-order valence-electron chi connectivity index (χ1n) is 7.45. The van der Waals surface area contributed by atoms with Gasteiger partial charge in [0.15, 0.2) is 6.61 Å². The average Bonchev–Trinajstić information content (AvgIpc) is 2.55. The number of carbonyl (C=O) groups excluding carboxylic acids is 3. The van der Waals surface area contributed by atoms with Crippen molar-refractivity contribution in [2.24, 2.45) is 0 Å². The van der Waals surface area contributed by atoms with Crippen LogP contribution < -0.4 is 20.9 Å². The Balaban J connectivity index is 2.36. The predicted octanol–water partition coefficient (Wildman–Crippen LogP) is -0.381. The Labute approximate surface area is 140 Å². The Morgan fingerprint density at radius 1 is 1.04 bits per heavy atom. The zero-order valence-electron chi connectivity index (χ0n) is 14.0. The molecule has 8 heteroatoms. The molecule has 1 rings (SSSR count). The number of hydrogen-bond donors (Lipinski definition) is 4. The Morgan fingerprint density at radius 3 is 2.21 bits per heavy atom. The van der Waals surface area contributed by atoms with E-state index in [1.165, 1.54) is 0 Å². The normalized spacial score (nSPS) is 10.7. The van der Waals surface area contributed by atoms with Gasteiger partial charge in [-0.2, -0.15) is 0 Å². The lowest BCUT2D eigenvalue weighted by Crippen LogP contribution is -2.50. The summed E-state index contributed by atoms with van der Waals surface area (Å²) in [6.07, 6.45) is 0. The largest absolute Gasteiger partial charge is 0.484 e. The van der Waals surface area contributed by atoms with Crippen molar-refractivity contribution in [1.29, 1.82) is 0 Å². The van der Waals surface area contributed by atoms with E-state index >= 15 is 0 Å². The molecule has 0 aliphatic carbocycles. The lowest BCUT2D eigenvalue weighted by atomic mass is 9.87. The molecule has 24 heavy (non-hydrogen) atoms. The SMILES string of the molecule is CC(C)(C)c1ccc(OCC(=O)NNC(=O)C(=O)NCCO)cc1. The second-order valence-electron chi connectivity index (χ2n) is 6.04. The third kappa shape index (κ3) is 6.66. The second-order valence-corrected chi connectivity index (χ2v) is 6.04. The number of aliphatic hydroxyl groups is 1. The monoisotopic (exact) mass is 337 g/mol. The molecule has 0 aromatic heterocycles. The second kappa shape index (κ2) is 8.88. The van der Waals surface area contributed by atoms with Crippen molar-refractivity contribution in [2.75, 3.05) is 19.8 Å². The van der Waals surface area contributed by atoms with E-state index in [2.05, 4.69) is 31.5 Å². The topological polar surface area (TPSA) is 117 Å². The van der Waals surface area contributed by atoms with Crippen LogP contribution in [0.1, 0.15) is 26.3 Å². The summed E-state index contributed by atoms with van der Waals surface area (Å²) in [7, 11) is 0. The fourth-order valence-electron chi connectivity index (χ4n) is 1.67. The fraction of sp³-hybridized carbons (Fsp3) is 0.438. The van der Waals surface area contributed by atoms with Crippen LogP contribution in [0.5, 0.6) is 5.75 Å². The van der Waals surface area contributed by atoms with Gasteiger partial charge in [-0.15, -0.1) is 0 Å². The van der Waals surface area contributed by atoms with Crippen molar-refractivity contribution in [2.45, 2.75) is 26.2 Å². The number of carbonyl (C=O) groups is 3. The summed E-state index contributed by atoms with van der Waals surface area (Å²) in [6.45, 7) is 5.63. The minimum atomic E-state index is -1.04. The highest BCUT2D eigenvalue weighted by molar-refractivity contribution is 6.35. The lowest BCUT2D eigenvalue weighted by Gasteiger charge is -2.19. The highest BCUT2D eigenvalue weighted by Crippen LogP contribution is 2.24. The van der Waals surface area contributed by atoms with Crippen LogP contribution in [0.3, 0.4) is 0 Å². The molecule has 0 aliphatic heterocycles. The number of amides is 3. The molecule has 1 aromatic carbocycles. The van der Waals surface area contributed by atoms with Crippen LogP contribution in [0.2, 0.25) is 0 Å². The number of hydrogen-bond acceptors (Lipinski definition) is 5. The van der Waals surface area contributed by atoms with Gasteiger partial charge in [-0.25, -0.2) is 0 Å². The zero-order valence-corrected chi connectivity index (χ0v) is 14.0. The van der Waals surface area contributed by atoms with E-state index < -0.39 is 17.7 Å². The van der Waals surface area contributed by atoms with Crippen LogP contribution in [0.25, 0.3) is 0 Å². The van der Waals surface area contributed by atoms with E-state index in [1.54, 1.807) is 12.1 Å². The highest BCUT2D eigenvalue weighted by atomic mass is 16.5. The molecule has 3 amide bonds. The van der Waals surface area contributed by atoms with Gasteiger partial charge in [-0.05, 0) is 23.1 Å². The Kier molecular flexibility index (Phi) is 7.19. The summed E-state index contributed by atoms with van der Waals surface area (Å²) in [5.41, 5.74) is 5.17. The van der Waals surface area contributed by atoms with Crippen LogP contribution in [-0.2, 0) is 19.8 Å². The molecule has 0 fully saturated rings. The van der Waals surface area contributed by atoms with Crippen LogP contribution in [0, 0.1) is 0 Å². The first-order chi connectivity index (χ1) is 11.2. The van der Waals surface area contributed by atoms with Crippen LogP contribution in [0.4, 0.5) is 0 Å². The molecule has 0 atom stereocenters.